The average molecular weight is 306 g/mol. The molecule has 0 unspecified atom stereocenters. The molecule has 2 heteroatoms. The summed E-state index contributed by atoms with van der Waals surface area (Å²) in [6, 6.07) is 16.1. The van der Waals surface area contributed by atoms with E-state index in [9.17, 15) is 5.11 Å². The zero-order chi connectivity index (χ0) is 16.4. The van der Waals surface area contributed by atoms with Gasteiger partial charge in [-0.05, 0) is 26.0 Å². The molecule has 0 amide bonds. The maximum atomic E-state index is 9.98. The molecule has 0 saturated carbocycles. The Balaban J connectivity index is 2.08. The minimum absolute atomic E-state index is 0.0351. The van der Waals surface area contributed by atoms with Gasteiger partial charge in [0.05, 0.1) is 5.41 Å². The molecule has 0 saturated heterocycles. The van der Waals surface area contributed by atoms with E-state index in [2.05, 4.69) is 55.7 Å². The SMILES string of the molecule is CCC[N+]1=C(C=Cc2ccccc2O)C(C)(C)c2ccccc21. The standard InChI is InChI=1S/C21H23NO/c1-4-15-22-18-11-7-6-10-17(18)21(2,3)20(22)14-13-16-9-5-8-12-19(16)23/h5-14H,4,15H2,1-3H3/p+1. The van der Waals surface area contributed by atoms with Gasteiger partial charge >= 0.3 is 0 Å². The fourth-order valence-corrected chi connectivity index (χ4v) is 3.40. The lowest BCUT2D eigenvalue weighted by atomic mass is 9.81. The molecule has 1 N–H and O–H groups in total. The molecular weight excluding hydrogens is 282 g/mol. The van der Waals surface area contributed by atoms with Crippen LogP contribution in [0.4, 0.5) is 5.69 Å². The normalized spacial score (nSPS) is 16.1. The topological polar surface area (TPSA) is 23.2 Å². The lowest BCUT2D eigenvalue weighted by Crippen LogP contribution is -2.27. The summed E-state index contributed by atoms with van der Waals surface area (Å²) in [5.74, 6) is 0.319. The van der Waals surface area contributed by atoms with Gasteiger partial charge in [-0.2, -0.15) is 4.58 Å². The first-order chi connectivity index (χ1) is 11.1. The minimum atomic E-state index is -0.0351. The molecule has 0 fully saturated rings. The van der Waals surface area contributed by atoms with Gasteiger partial charge in [0.1, 0.15) is 12.3 Å². The second kappa shape index (κ2) is 6.04. The number of allylic oxidation sites excluding steroid dienone is 1. The molecule has 2 aromatic rings. The number of phenolic OH excluding ortho intramolecular Hbond substituents is 1. The Labute approximate surface area is 138 Å². The van der Waals surface area contributed by atoms with E-state index in [4.69, 9.17) is 0 Å². The Bertz CT molecular complexity index is 784. The molecule has 0 aromatic heterocycles. The van der Waals surface area contributed by atoms with Gasteiger partial charge in [0, 0.05) is 29.7 Å². The van der Waals surface area contributed by atoms with Gasteiger partial charge in [0.25, 0.3) is 0 Å². The molecule has 0 atom stereocenters. The molecule has 1 heterocycles. The first kappa shape index (κ1) is 15.5. The largest absolute Gasteiger partial charge is 0.507 e. The number of benzene rings is 2. The number of hydrogen-bond donors (Lipinski definition) is 1. The van der Waals surface area contributed by atoms with Crippen LogP contribution < -0.4 is 0 Å². The van der Waals surface area contributed by atoms with Crippen LogP contribution in [0.1, 0.15) is 38.3 Å². The van der Waals surface area contributed by atoms with Crippen molar-refractivity contribution in [1.29, 1.82) is 0 Å². The van der Waals surface area contributed by atoms with E-state index in [0.717, 1.165) is 18.5 Å². The molecule has 118 valence electrons. The molecule has 23 heavy (non-hydrogen) atoms. The van der Waals surface area contributed by atoms with Crippen LogP contribution in [0.25, 0.3) is 6.08 Å². The molecule has 0 radical (unpaired) electrons. The Morgan fingerprint density at radius 1 is 1.00 bits per heavy atom. The number of hydrogen-bond acceptors (Lipinski definition) is 1. The fraction of sp³-hybridized carbons (Fsp3) is 0.286. The van der Waals surface area contributed by atoms with E-state index in [-0.39, 0.29) is 5.41 Å². The van der Waals surface area contributed by atoms with Crippen LogP contribution in [0.5, 0.6) is 5.75 Å². The van der Waals surface area contributed by atoms with Crippen molar-refractivity contribution in [3.05, 3.63) is 65.7 Å². The zero-order valence-electron chi connectivity index (χ0n) is 14.1. The van der Waals surface area contributed by atoms with Gasteiger partial charge in [-0.15, -0.1) is 0 Å². The molecule has 3 rings (SSSR count). The molecule has 0 aliphatic carbocycles. The Hall–Kier alpha value is -2.35. The van der Waals surface area contributed by atoms with E-state index in [1.54, 1.807) is 6.07 Å². The van der Waals surface area contributed by atoms with Crippen LogP contribution in [-0.2, 0) is 5.41 Å². The van der Waals surface area contributed by atoms with E-state index >= 15 is 0 Å². The average Bonchev–Trinajstić information content (AvgIpc) is 2.75. The number of fused-ring (bicyclic) bond motifs is 1. The molecule has 0 spiro atoms. The molecule has 1 aliphatic rings. The maximum Gasteiger partial charge on any atom is 0.209 e. The number of rotatable bonds is 4. The third-order valence-electron chi connectivity index (χ3n) is 4.60. The third-order valence-corrected chi connectivity index (χ3v) is 4.60. The van der Waals surface area contributed by atoms with Crippen molar-refractivity contribution < 1.29 is 9.68 Å². The van der Waals surface area contributed by atoms with Gasteiger partial charge < -0.3 is 5.11 Å². The summed E-state index contributed by atoms with van der Waals surface area (Å²) in [7, 11) is 0. The summed E-state index contributed by atoms with van der Waals surface area (Å²) < 4.78 is 2.41. The van der Waals surface area contributed by atoms with Crippen LogP contribution in [0.3, 0.4) is 0 Å². The van der Waals surface area contributed by atoms with E-state index in [0.29, 0.717) is 5.75 Å². The van der Waals surface area contributed by atoms with Crippen LogP contribution >= 0.6 is 0 Å². The molecule has 2 aromatic carbocycles. The fourth-order valence-electron chi connectivity index (χ4n) is 3.40. The highest BCUT2D eigenvalue weighted by atomic mass is 16.3. The van der Waals surface area contributed by atoms with Crippen LogP contribution in [-0.4, -0.2) is 21.9 Å². The summed E-state index contributed by atoms with van der Waals surface area (Å²) in [6.45, 7) is 7.75. The second-order valence-electron chi connectivity index (χ2n) is 6.57. The Morgan fingerprint density at radius 2 is 1.70 bits per heavy atom. The summed E-state index contributed by atoms with van der Waals surface area (Å²) in [5, 5.41) is 9.98. The molecular formula is C21H24NO+. The Kier molecular flexibility index (Phi) is 4.08. The van der Waals surface area contributed by atoms with E-state index < -0.39 is 0 Å². The minimum Gasteiger partial charge on any atom is -0.507 e. The lowest BCUT2D eigenvalue weighted by molar-refractivity contribution is -0.437. The first-order valence-corrected chi connectivity index (χ1v) is 8.26. The summed E-state index contributed by atoms with van der Waals surface area (Å²) >= 11 is 0. The van der Waals surface area contributed by atoms with E-state index in [1.165, 1.54) is 17.0 Å². The van der Waals surface area contributed by atoms with Crippen molar-refractivity contribution >= 4 is 17.5 Å². The maximum absolute atomic E-state index is 9.98. The number of para-hydroxylation sites is 2. The van der Waals surface area contributed by atoms with Gasteiger partial charge in [-0.3, -0.25) is 0 Å². The van der Waals surface area contributed by atoms with Gasteiger partial charge in [-0.1, -0.05) is 43.3 Å². The predicted octanol–water partition coefficient (Wildman–Crippen LogP) is 4.89. The van der Waals surface area contributed by atoms with Crippen molar-refractivity contribution in [3.8, 4) is 5.75 Å². The monoisotopic (exact) mass is 306 g/mol. The van der Waals surface area contributed by atoms with Gasteiger partial charge in [0.15, 0.2) is 5.71 Å². The van der Waals surface area contributed by atoms with E-state index in [1.807, 2.05) is 24.3 Å². The highest BCUT2D eigenvalue weighted by molar-refractivity contribution is 6.05. The number of phenols is 1. The van der Waals surface area contributed by atoms with Crippen LogP contribution in [0.2, 0.25) is 0 Å². The quantitative estimate of drug-likeness (QED) is 0.798. The van der Waals surface area contributed by atoms with Gasteiger partial charge in [-0.25, -0.2) is 0 Å². The predicted molar refractivity (Wildman–Crippen MR) is 96.7 cm³/mol. The summed E-state index contributed by atoms with van der Waals surface area (Å²) in [4.78, 5) is 0. The van der Waals surface area contributed by atoms with Crippen molar-refractivity contribution in [1.82, 2.24) is 0 Å². The van der Waals surface area contributed by atoms with Crippen molar-refractivity contribution in [3.63, 3.8) is 0 Å². The lowest BCUT2D eigenvalue weighted by Gasteiger charge is -2.15. The smallest absolute Gasteiger partial charge is 0.209 e. The third kappa shape index (κ3) is 2.70. The highest BCUT2D eigenvalue weighted by Gasteiger charge is 2.43. The number of aromatic hydroxyl groups is 1. The molecule has 1 aliphatic heterocycles. The summed E-state index contributed by atoms with van der Waals surface area (Å²) in [6.07, 6.45) is 5.27. The summed E-state index contributed by atoms with van der Waals surface area (Å²) in [5.41, 5.74) is 4.76. The number of nitrogens with zero attached hydrogens (tertiary/aromatic N) is 1. The van der Waals surface area contributed by atoms with Crippen molar-refractivity contribution in [2.24, 2.45) is 0 Å². The zero-order valence-corrected chi connectivity index (χ0v) is 14.1. The highest BCUT2D eigenvalue weighted by Crippen LogP contribution is 2.40. The molecule has 0 bridgehead atoms. The van der Waals surface area contributed by atoms with Gasteiger partial charge in [0.2, 0.25) is 5.69 Å². The second-order valence-corrected chi connectivity index (χ2v) is 6.57. The molecule has 2 nitrogen and oxygen atoms in total. The van der Waals surface area contributed by atoms with Crippen LogP contribution in [0.15, 0.2) is 54.6 Å². The van der Waals surface area contributed by atoms with Crippen LogP contribution in [0, 0.1) is 0 Å². The Morgan fingerprint density at radius 3 is 2.43 bits per heavy atom. The van der Waals surface area contributed by atoms with Crippen molar-refractivity contribution in [2.45, 2.75) is 32.6 Å². The first-order valence-electron chi connectivity index (χ1n) is 8.26. The van der Waals surface area contributed by atoms with Crippen molar-refractivity contribution in [2.75, 3.05) is 6.54 Å².